The molecule has 0 aromatic heterocycles. The molecule has 2 heterocycles. The van der Waals surface area contributed by atoms with Gasteiger partial charge in [-0.3, -0.25) is 9.89 Å². The fourth-order valence-electron chi connectivity index (χ4n) is 4.28. The summed E-state index contributed by atoms with van der Waals surface area (Å²) >= 11 is 0. The van der Waals surface area contributed by atoms with Crippen LogP contribution in [0.25, 0.3) is 0 Å². The molecular weight excluding hydrogens is 520 g/mol. The molecule has 0 bridgehead atoms. The minimum atomic E-state index is -4.10. The Hall–Kier alpha value is -1.23. The first-order valence-corrected chi connectivity index (χ1v) is 10.9. The molecule has 2 saturated heterocycles. The number of nitrogens with zero attached hydrogens (tertiary/aromatic N) is 3. The number of ether oxygens (including phenoxy) is 1. The van der Waals surface area contributed by atoms with Crippen molar-refractivity contribution < 1.29 is 17.9 Å². The Morgan fingerprint density at radius 2 is 1.71 bits per heavy atom. The van der Waals surface area contributed by atoms with Gasteiger partial charge in [0.25, 0.3) is 0 Å². The fourth-order valence-corrected chi connectivity index (χ4v) is 4.28. The molecule has 1 aromatic carbocycles. The Morgan fingerprint density at radius 3 is 2.29 bits per heavy atom. The van der Waals surface area contributed by atoms with Crippen molar-refractivity contribution in [2.45, 2.75) is 44.4 Å². The summed E-state index contributed by atoms with van der Waals surface area (Å²) in [5, 5.41) is 3.44. The number of rotatable bonds is 6. The molecule has 1 N–H and O–H groups in total. The van der Waals surface area contributed by atoms with Gasteiger partial charge < -0.3 is 15.0 Å². The number of aliphatic imine (C=N–C) groups is 1. The van der Waals surface area contributed by atoms with E-state index in [0.717, 1.165) is 63.4 Å². The summed E-state index contributed by atoms with van der Waals surface area (Å²) in [5.74, 6) is 2.30. The number of hydrogen-bond acceptors (Lipinski definition) is 3. The smallest absolute Gasteiger partial charge is 0.401 e. The van der Waals surface area contributed by atoms with Crippen molar-refractivity contribution in [2.24, 2.45) is 10.9 Å². The minimum Gasteiger partial charge on any atom is -0.490 e. The molecule has 3 rings (SSSR count). The molecule has 2 aliphatic heterocycles. The van der Waals surface area contributed by atoms with Gasteiger partial charge in [0.2, 0.25) is 0 Å². The van der Waals surface area contributed by atoms with Crippen LogP contribution in [-0.2, 0) is 0 Å². The maximum atomic E-state index is 12.5. The van der Waals surface area contributed by atoms with Crippen LogP contribution in [0.4, 0.5) is 13.2 Å². The Balaban J connectivity index is 0.00000341. The van der Waals surface area contributed by atoms with Gasteiger partial charge in [0.05, 0.1) is 6.54 Å². The molecular formula is C22H34F3IN4O. The van der Waals surface area contributed by atoms with E-state index in [-0.39, 0.29) is 30.1 Å². The number of benzene rings is 1. The lowest BCUT2D eigenvalue weighted by Crippen LogP contribution is -2.48. The number of halogens is 4. The standard InChI is InChI=1S/C22H33F3N4O.HI/c1-26-21(27-12-7-18-8-13-28(14-9-18)17-22(23,24)25)29-15-10-20(11-16-29)30-19-5-3-2-4-6-19;/h2-6,18,20H,7-17H2,1H3,(H,26,27);1H. The van der Waals surface area contributed by atoms with E-state index in [9.17, 15) is 13.2 Å². The Bertz CT molecular complexity index is 658. The topological polar surface area (TPSA) is 40.1 Å². The Labute approximate surface area is 200 Å². The first kappa shape index (κ1) is 26.0. The number of nitrogens with one attached hydrogen (secondary N) is 1. The molecule has 2 aliphatic rings. The van der Waals surface area contributed by atoms with Gasteiger partial charge in [0.15, 0.2) is 5.96 Å². The van der Waals surface area contributed by atoms with Crippen molar-refractivity contribution >= 4 is 29.9 Å². The number of alkyl halides is 3. The van der Waals surface area contributed by atoms with Gasteiger partial charge in [-0.25, -0.2) is 0 Å². The molecule has 176 valence electrons. The molecule has 5 nitrogen and oxygen atoms in total. The van der Waals surface area contributed by atoms with Crippen LogP contribution in [0.3, 0.4) is 0 Å². The maximum Gasteiger partial charge on any atom is 0.401 e. The molecule has 0 spiro atoms. The van der Waals surface area contributed by atoms with E-state index in [4.69, 9.17) is 4.74 Å². The number of para-hydroxylation sites is 1. The SMILES string of the molecule is CN=C(NCCC1CCN(CC(F)(F)F)CC1)N1CCC(Oc2ccccc2)CC1.I. The second-order valence-electron chi connectivity index (χ2n) is 8.21. The summed E-state index contributed by atoms with van der Waals surface area (Å²) < 4.78 is 43.6. The predicted octanol–water partition coefficient (Wildman–Crippen LogP) is 4.39. The molecule has 9 heteroatoms. The van der Waals surface area contributed by atoms with Crippen molar-refractivity contribution in [3.8, 4) is 5.75 Å². The summed E-state index contributed by atoms with van der Waals surface area (Å²) in [4.78, 5) is 8.19. The van der Waals surface area contributed by atoms with Crippen LogP contribution >= 0.6 is 24.0 Å². The van der Waals surface area contributed by atoms with Gasteiger partial charge in [-0.2, -0.15) is 13.2 Å². The number of guanidine groups is 1. The van der Waals surface area contributed by atoms with Crippen LogP contribution in [-0.4, -0.2) is 74.4 Å². The Morgan fingerprint density at radius 1 is 1.06 bits per heavy atom. The zero-order valence-corrected chi connectivity index (χ0v) is 20.4. The molecule has 0 aliphatic carbocycles. The second kappa shape index (κ2) is 12.7. The summed E-state index contributed by atoms with van der Waals surface area (Å²) in [5.41, 5.74) is 0. The van der Waals surface area contributed by atoms with Crippen molar-refractivity contribution in [2.75, 3.05) is 46.3 Å². The lowest BCUT2D eigenvalue weighted by molar-refractivity contribution is -0.148. The molecule has 0 radical (unpaired) electrons. The van der Waals surface area contributed by atoms with E-state index >= 15 is 0 Å². The van der Waals surface area contributed by atoms with Gasteiger partial charge in [0, 0.05) is 39.5 Å². The molecule has 31 heavy (non-hydrogen) atoms. The lowest BCUT2D eigenvalue weighted by atomic mass is 9.93. The van der Waals surface area contributed by atoms with E-state index in [1.165, 1.54) is 4.90 Å². The maximum absolute atomic E-state index is 12.5. The normalized spacial score (nSPS) is 19.7. The largest absolute Gasteiger partial charge is 0.490 e. The zero-order chi connectivity index (χ0) is 21.4. The van der Waals surface area contributed by atoms with Gasteiger partial charge in [-0.1, -0.05) is 18.2 Å². The monoisotopic (exact) mass is 554 g/mol. The van der Waals surface area contributed by atoms with Gasteiger partial charge in [0.1, 0.15) is 11.9 Å². The average Bonchev–Trinajstić information content (AvgIpc) is 2.73. The third-order valence-electron chi connectivity index (χ3n) is 5.95. The van der Waals surface area contributed by atoms with Gasteiger partial charge >= 0.3 is 6.18 Å². The zero-order valence-electron chi connectivity index (χ0n) is 18.1. The van der Waals surface area contributed by atoms with E-state index < -0.39 is 12.7 Å². The van der Waals surface area contributed by atoms with Crippen molar-refractivity contribution in [3.05, 3.63) is 30.3 Å². The van der Waals surface area contributed by atoms with Crippen LogP contribution in [0.15, 0.2) is 35.3 Å². The minimum absolute atomic E-state index is 0. The quantitative estimate of drug-likeness (QED) is 0.322. The second-order valence-corrected chi connectivity index (χ2v) is 8.21. The number of likely N-dealkylation sites (tertiary alicyclic amines) is 2. The first-order chi connectivity index (χ1) is 14.4. The van der Waals surface area contributed by atoms with E-state index in [1.807, 2.05) is 30.3 Å². The molecule has 0 atom stereocenters. The predicted molar refractivity (Wildman–Crippen MR) is 128 cm³/mol. The van der Waals surface area contributed by atoms with Crippen molar-refractivity contribution in [1.29, 1.82) is 0 Å². The summed E-state index contributed by atoms with van der Waals surface area (Å²) in [6.07, 6.45) is 0.661. The van der Waals surface area contributed by atoms with Crippen molar-refractivity contribution in [3.63, 3.8) is 0 Å². The highest BCUT2D eigenvalue weighted by Crippen LogP contribution is 2.24. The number of piperidine rings is 2. The van der Waals surface area contributed by atoms with Crippen LogP contribution in [0.2, 0.25) is 0 Å². The molecule has 1 aromatic rings. The summed E-state index contributed by atoms with van der Waals surface area (Å²) in [6, 6.07) is 9.92. The fraction of sp³-hybridized carbons (Fsp3) is 0.682. The summed E-state index contributed by atoms with van der Waals surface area (Å²) in [6.45, 7) is 2.88. The highest BCUT2D eigenvalue weighted by atomic mass is 127. The third-order valence-corrected chi connectivity index (χ3v) is 5.95. The molecule has 0 unspecified atom stereocenters. The third kappa shape index (κ3) is 9.03. The number of hydrogen-bond donors (Lipinski definition) is 1. The average molecular weight is 554 g/mol. The highest BCUT2D eigenvalue weighted by molar-refractivity contribution is 14.0. The van der Waals surface area contributed by atoms with Crippen LogP contribution in [0, 0.1) is 5.92 Å². The van der Waals surface area contributed by atoms with Gasteiger partial charge in [-0.15, -0.1) is 24.0 Å². The van der Waals surface area contributed by atoms with Crippen LogP contribution in [0.1, 0.15) is 32.1 Å². The highest BCUT2D eigenvalue weighted by Gasteiger charge is 2.32. The molecule has 0 saturated carbocycles. The van der Waals surface area contributed by atoms with E-state index in [0.29, 0.717) is 19.0 Å². The van der Waals surface area contributed by atoms with Gasteiger partial charge in [-0.05, 0) is 50.4 Å². The Kier molecular flexibility index (Phi) is 10.7. The van der Waals surface area contributed by atoms with Crippen LogP contribution in [0.5, 0.6) is 5.75 Å². The van der Waals surface area contributed by atoms with E-state index in [2.05, 4.69) is 15.2 Å². The summed E-state index contributed by atoms with van der Waals surface area (Å²) in [7, 11) is 1.80. The molecule has 0 amide bonds. The lowest BCUT2D eigenvalue weighted by Gasteiger charge is -2.35. The molecule has 2 fully saturated rings. The first-order valence-electron chi connectivity index (χ1n) is 10.9. The van der Waals surface area contributed by atoms with Crippen LogP contribution < -0.4 is 10.1 Å². The van der Waals surface area contributed by atoms with Crippen molar-refractivity contribution in [1.82, 2.24) is 15.1 Å². The van der Waals surface area contributed by atoms with E-state index in [1.54, 1.807) is 7.05 Å².